The summed E-state index contributed by atoms with van der Waals surface area (Å²) in [5, 5.41) is 0.583. The summed E-state index contributed by atoms with van der Waals surface area (Å²) in [6.07, 6.45) is 0. The van der Waals surface area contributed by atoms with Gasteiger partial charge < -0.3 is 20.9 Å². The van der Waals surface area contributed by atoms with Crippen LogP contribution in [0, 0.1) is 0 Å². The maximum Gasteiger partial charge on any atom is 0.284 e. The molecule has 0 aliphatic carbocycles. The number of carbonyl (C=O) groups excluding carboxylic acids is 1. The van der Waals surface area contributed by atoms with Gasteiger partial charge >= 0.3 is 0 Å². The highest BCUT2D eigenvalue weighted by atomic mass is 16.5. The number of benzene rings is 1. The Morgan fingerprint density at radius 2 is 1.90 bits per heavy atom. The highest BCUT2D eigenvalue weighted by Crippen LogP contribution is 2.35. The lowest BCUT2D eigenvalue weighted by Crippen LogP contribution is -2.24. The average molecular weight is 274 g/mol. The van der Waals surface area contributed by atoms with Crippen molar-refractivity contribution in [2.75, 3.05) is 14.2 Å². The number of nitrogens with two attached hydrogens (primary N) is 2. The van der Waals surface area contributed by atoms with Crippen molar-refractivity contribution < 1.29 is 14.3 Å². The molecule has 0 atom stereocenters. The molecule has 0 saturated carbocycles. The highest BCUT2D eigenvalue weighted by molar-refractivity contribution is 6.12. The lowest BCUT2D eigenvalue weighted by atomic mass is 10.1. The number of methoxy groups -OCH3 is 2. The maximum absolute atomic E-state index is 12.2. The van der Waals surface area contributed by atoms with Crippen molar-refractivity contribution in [1.29, 1.82) is 0 Å². The summed E-state index contributed by atoms with van der Waals surface area (Å²) >= 11 is 0. The molecule has 2 aromatic rings. The third kappa shape index (κ3) is 2.33. The molecule has 0 radical (unpaired) electrons. The summed E-state index contributed by atoms with van der Waals surface area (Å²) in [6, 6.07) is 7.07. The Kier molecular flexibility index (Phi) is 3.69. The second-order valence-corrected chi connectivity index (χ2v) is 3.89. The van der Waals surface area contributed by atoms with Gasteiger partial charge in [0, 0.05) is 5.39 Å². The van der Waals surface area contributed by atoms with Gasteiger partial charge in [-0.2, -0.15) is 4.99 Å². The quantitative estimate of drug-likeness (QED) is 0.628. The molecule has 0 saturated heterocycles. The largest absolute Gasteiger partial charge is 0.491 e. The molecular formula is C13H14N4O3. The minimum Gasteiger partial charge on any atom is -0.491 e. The SMILES string of the molecule is COc1nc2ccccc2c(C(=O)N=C(N)N)c1OC. The van der Waals surface area contributed by atoms with E-state index < -0.39 is 5.91 Å². The van der Waals surface area contributed by atoms with E-state index in [9.17, 15) is 4.79 Å². The first-order valence-electron chi connectivity index (χ1n) is 5.73. The Hall–Kier alpha value is -2.83. The maximum atomic E-state index is 12.2. The van der Waals surface area contributed by atoms with Gasteiger partial charge in [0.1, 0.15) is 0 Å². The minimum absolute atomic E-state index is 0.195. The third-order valence-electron chi connectivity index (χ3n) is 2.66. The molecule has 0 fully saturated rings. The number of amides is 1. The first kappa shape index (κ1) is 13.6. The van der Waals surface area contributed by atoms with E-state index >= 15 is 0 Å². The van der Waals surface area contributed by atoms with Crippen LogP contribution in [-0.4, -0.2) is 31.1 Å². The molecule has 1 amide bonds. The van der Waals surface area contributed by atoms with Crippen LogP contribution in [0.1, 0.15) is 10.4 Å². The van der Waals surface area contributed by atoms with Gasteiger partial charge in [-0.25, -0.2) is 4.98 Å². The number of fused-ring (bicyclic) bond motifs is 1. The van der Waals surface area contributed by atoms with Crippen molar-refractivity contribution >= 4 is 22.8 Å². The van der Waals surface area contributed by atoms with E-state index in [1.54, 1.807) is 24.3 Å². The Morgan fingerprint density at radius 3 is 2.50 bits per heavy atom. The van der Waals surface area contributed by atoms with Crippen LogP contribution in [0.15, 0.2) is 29.3 Å². The molecule has 104 valence electrons. The molecule has 1 heterocycles. The number of para-hydroxylation sites is 1. The molecule has 2 rings (SSSR count). The Labute approximate surface area is 115 Å². The summed E-state index contributed by atoms with van der Waals surface area (Å²) in [7, 11) is 2.86. The van der Waals surface area contributed by atoms with Gasteiger partial charge in [0.05, 0.1) is 25.3 Å². The van der Waals surface area contributed by atoms with E-state index in [0.717, 1.165) is 0 Å². The summed E-state index contributed by atoms with van der Waals surface area (Å²) in [6.45, 7) is 0. The molecule has 0 aliphatic rings. The van der Waals surface area contributed by atoms with Crippen molar-refractivity contribution in [3.63, 3.8) is 0 Å². The molecule has 4 N–H and O–H groups in total. The molecule has 20 heavy (non-hydrogen) atoms. The minimum atomic E-state index is -0.612. The van der Waals surface area contributed by atoms with Crippen molar-refractivity contribution in [3.8, 4) is 11.6 Å². The topological polar surface area (TPSA) is 113 Å². The zero-order valence-corrected chi connectivity index (χ0v) is 11.1. The molecule has 7 heteroatoms. The van der Waals surface area contributed by atoms with Crippen LogP contribution in [-0.2, 0) is 0 Å². The molecule has 0 unspecified atom stereocenters. The standard InChI is InChI=1S/C13H14N4O3/c1-19-10-9(11(18)17-13(14)15)7-5-3-4-6-8(7)16-12(10)20-2/h3-6H,1-2H3,(H4,14,15,17,18). The number of nitrogens with zero attached hydrogens (tertiary/aromatic N) is 2. The summed E-state index contributed by atoms with van der Waals surface area (Å²) in [5.41, 5.74) is 11.3. The number of ether oxygens (including phenoxy) is 2. The van der Waals surface area contributed by atoms with Crippen LogP contribution in [0.5, 0.6) is 11.6 Å². The van der Waals surface area contributed by atoms with Gasteiger partial charge in [-0.05, 0) is 6.07 Å². The van der Waals surface area contributed by atoms with Gasteiger partial charge in [-0.15, -0.1) is 0 Å². The van der Waals surface area contributed by atoms with Gasteiger partial charge in [0.25, 0.3) is 11.8 Å². The smallest absolute Gasteiger partial charge is 0.284 e. The molecule has 0 aliphatic heterocycles. The van der Waals surface area contributed by atoms with Crippen LogP contribution < -0.4 is 20.9 Å². The highest BCUT2D eigenvalue weighted by Gasteiger charge is 2.22. The van der Waals surface area contributed by atoms with Crippen LogP contribution in [0.2, 0.25) is 0 Å². The van der Waals surface area contributed by atoms with Gasteiger partial charge in [0.15, 0.2) is 11.7 Å². The fourth-order valence-electron chi connectivity index (χ4n) is 1.89. The van der Waals surface area contributed by atoms with E-state index in [-0.39, 0.29) is 23.2 Å². The van der Waals surface area contributed by atoms with Gasteiger partial charge in [-0.1, -0.05) is 18.2 Å². The number of aliphatic imine (C=N–C) groups is 1. The van der Waals surface area contributed by atoms with E-state index in [1.165, 1.54) is 14.2 Å². The van der Waals surface area contributed by atoms with Crippen LogP contribution >= 0.6 is 0 Å². The fourth-order valence-corrected chi connectivity index (χ4v) is 1.89. The zero-order chi connectivity index (χ0) is 14.7. The van der Waals surface area contributed by atoms with Crippen LogP contribution in [0.3, 0.4) is 0 Å². The van der Waals surface area contributed by atoms with E-state index in [2.05, 4.69) is 9.98 Å². The molecule has 7 nitrogen and oxygen atoms in total. The van der Waals surface area contributed by atoms with Gasteiger partial charge in [-0.3, -0.25) is 4.79 Å². The van der Waals surface area contributed by atoms with Crippen molar-refractivity contribution in [3.05, 3.63) is 29.8 Å². The Balaban J connectivity index is 2.83. The number of hydrogen-bond acceptors (Lipinski definition) is 4. The predicted octanol–water partition coefficient (Wildman–Crippen LogP) is 0.666. The number of rotatable bonds is 3. The monoisotopic (exact) mass is 274 g/mol. The first-order valence-corrected chi connectivity index (χ1v) is 5.73. The van der Waals surface area contributed by atoms with E-state index in [4.69, 9.17) is 20.9 Å². The number of pyridine rings is 1. The lowest BCUT2D eigenvalue weighted by Gasteiger charge is -2.12. The van der Waals surface area contributed by atoms with Crippen molar-refractivity contribution in [2.24, 2.45) is 16.5 Å². The summed E-state index contributed by atoms with van der Waals surface area (Å²) in [5.74, 6) is -0.544. The van der Waals surface area contributed by atoms with Crippen molar-refractivity contribution in [1.82, 2.24) is 4.98 Å². The normalized spacial score (nSPS) is 10.1. The van der Waals surface area contributed by atoms with Crippen molar-refractivity contribution in [2.45, 2.75) is 0 Å². The molecule has 1 aromatic carbocycles. The second kappa shape index (κ2) is 5.43. The lowest BCUT2D eigenvalue weighted by molar-refractivity contribution is 0.100. The van der Waals surface area contributed by atoms with Crippen LogP contribution in [0.4, 0.5) is 0 Å². The molecular weight excluding hydrogens is 260 g/mol. The second-order valence-electron chi connectivity index (χ2n) is 3.89. The van der Waals surface area contributed by atoms with E-state index in [0.29, 0.717) is 10.9 Å². The number of carbonyl (C=O) groups is 1. The molecule has 0 spiro atoms. The first-order chi connectivity index (χ1) is 9.58. The fraction of sp³-hybridized carbons (Fsp3) is 0.154. The molecule has 0 bridgehead atoms. The average Bonchev–Trinajstić information content (AvgIpc) is 2.44. The summed E-state index contributed by atoms with van der Waals surface area (Å²) < 4.78 is 10.4. The molecule has 1 aromatic heterocycles. The van der Waals surface area contributed by atoms with E-state index in [1.807, 2.05) is 0 Å². The number of aromatic nitrogens is 1. The number of hydrogen-bond donors (Lipinski definition) is 2. The van der Waals surface area contributed by atoms with Gasteiger partial charge in [0.2, 0.25) is 0 Å². The van der Waals surface area contributed by atoms with Crippen LogP contribution in [0.25, 0.3) is 10.9 Å². The number of guanidine groups is 1. The third-order valence-corrected chi connectivity index (χ3v) is 2.66. The summed E-state index contributed by atoms with van der Waals surface area (Å²) in [4.78, 5) is 20.0. The zero-order valence-electron chi connectivity index (χ0n) is 11.1. The Bertz CT molecular complexity index is 693. The Morgan fingerprint density at radius 1 is 1.20 bits per heavy atom. The predicted molar refractivity (Wildman–Crippen MR) is 75.0 cm³/mol.